The quantitative estimate of drug-likeness (QED) is 0.840. The fourth-order valence-electron chi connectivity index (χ4n) is 2.26. The predicted molar refractivity (Wildman–Crippen MR) is 73.7 cm³/mol. The van der Waals surface area contributed by atoms with Crippen molar-refractivity contribution in [3.63, 3.8) is 0 Å². The van der Waals surface area contributed by atoms with Gasteiger partial charge in [-0.25, -0.2) is 4.79 Å². The van der Waals surface area contributed by atoms with E-state index in [2.05, 4.69) is 12.2 Å². The second-order valence-corrected chi connectivity index (χ2v) is 6.47. The molecule has 0 bridgehead atoms. The molecule has 1 aliphatic carbocycles. The molecular weight excluding hydrogens is 228 g/mol. The summed E-state index contributed by atoms with van der Waals surface area (Å²) in [6, 6.07) is 0.632. The van der Waals surface area contributed by atoms with Crippen molar-refractivity contribution < 1.29 is 9.53 Å². The number of nitrogens with one attached hydrogen (secondary N) is 1. The molecule has 1 aliphatic rings. The van der Waals surface area contributed by atoms with Crippen LogP contribution in [0.3, 0.4) is 0 Å². The Morgan fingerprint density at radius 3 is 2.56 bits per heavy atom. The third-order valence-electron chi connectivity index (χ3n) is 3.28. The van der Waals surface area contributed by atoms with Crippen molar-refractivity contribution >= 4 is 6.09 Å². The predicted octanol–water partition coefficient (Wildman–Crippen LogP) is 2.63. The van der Waals surface area contributed by atoms with Crippen molar-refractivity contribution in [2.75, 3.05) is 20.1 Å². The van der Waals surface area contributed by atoms with Crippen LogP contribution >= 0.6 is 0 Å². The molecule has 1 fully saturated rings. The lowest BCUT2D eigenvalue weighted by Crippen LogP contribution is -2.39. The third-order valence-corrected chi connectivity index (χ3v) is 3.28. The number of ether oxygens (including phenoxy) is 1. The standard InChI is InChI=1S/C14H28N2O2/c1-11-6-7-12(10-11)15-8-9-16(5)13(17)18-14(2,3)4/h11-12,15H,6-10H2,1-5H3. The van der Waals surface area contributed by atoms with Crippen molar-refractivity contribution in [1.82, 2.24) is 10.2 Å². The first-order valence-corrected chi connectivity index (χ1v) is 6.95. The average molecular weight is 256 g/mol. The van der Waals surface area contributed by atoms with Gasteiger partial charge >= 0.3 is 6.09 Å². The monoisotopic (exact) mass is 256 g/mol. The van der Waals surface area contributed by atoms with Gasteiger partial charge in [-0.3, -0.25) is 0 Å². The first kappa shape index (κ1) is 15.3. The minimum atomic E-state index is -0.417. The van der Waals surface area contributed by atoms with Crippen molar-refractivity contribution in [2.45, 2.75) is 58.6 Å². The number of rotatable bonds is 4. The smallest absolute Gasteiger partial charge is 0.410 e. The zero-order valence-electron chi connectivity index (χ0n) is 12.5. The molecule has 0 radical (unpaired) electrons. The Kier molecular flexibility index (Phi) is 5.45. The molecule has 0 aromatic heterocycles. The Bertz CT molecular complexity index is 273. The summed E-state index contributed by atoms with van der Waals surface area (Å²) in [4.78, 5) is 13.3. The molecule has 1 amide bonds. The van der Waals surface area contributed by atoms with Crippen molar-refractivity contribution in [2.24, 2.45) is 5.92 Å². The van der Waals surface area contributed by atoms with E-state index < -0.39 is 5.60 Å². The number of carbonyl (C=O) groups excluding carboxylic acids is 1. The van der Waals surface area contributed by atoms with Gasteiger partial charge in [0.25, 0.3) is 0 Å². The van der Waals surface area contributed by atoms with Crippen LogP contribution in [0.25, 0.3) is 0 Å². The van der Waals surface area contributed by atoms with Crippen LogP contribution in [0.4, 0.5) is 4.79 Å². The van der Waals surface area contributed by atoms with E-state index in [0.29, 0.717) is 12.6 Å². The number of hydrogen-bond acceptors (Lipinski definition) is 3. The van der Waals surface area contributed by atoms with Gasteiger partial charge in [-0.15, -0.1) is 0 Å². The Hall–Kier alpha value is -0.770. The molecule has 4 heteroatoms. The van der Waals surface area contributed by atoms with Gasteiger partial charge in [0, 0.05) is 26.2 Å². The largest absolute Gasteiger partial charge is 0.444 e. The Morgan fingerprint density at radius 1 is 1.39 bits per heavy atom. The maximum absolute atomic E-state index is 11.7. The van der Waals surface area contributed by atoms with Crippen LogP contribution in [0.1, 0.15) is 47.0 Å². The van der Waals surface area contributed by atoms with E-state index in [4.69, 9.17) is 4.74 Å². The molecular formula is C14H28N2O2. The third kappa shape index (κ3) is 5.71. The highest BCUT2D eigenvalue weighted by Gasteiger charge is 2.22. The van der Waals surface area contributed by atoms with Crippen molar-refractivity contribution in [1.29, 1.82) is 0 Å². The van der Waals surface area contributed by atoms with E-state index in [1.165, 1.54) is 19.3 Å². The SMILES string of the molecule is CC1CCC(NCCN(C)C(=O)OC(C)(C)C)C1. The van der Waals surface area contributed by atoms with Crippen LogP contribution in [-0.2, 0) is 4.74 Å². The summed E-state index contributed by atoms with van der Waals surface area (Å²) in [6.45, 7) is 9.49. The summed E-state index contributed by atoms with van der Waals surface area (Å²) in [5.41, 5.74) is -0.417. The molecule has 1 saturated carbocycles. The lowest BCUT2D eigenvalue weighted by molar-refractivity contribution is 0.0299. The van der Waals surface area contributed by atoms with E-state index in [0.717, 1.165) is 12.5 Å². The zero-order chi connectivity index (χ0) is 13.8. The van der Waals surface area contributed by atoms with E-state index >= 15 is 0 Å². The van der Waals surface area contributed by atoms with Gasteiger partial charge in [0.15, 0.2) is 0 Å². The number of carbonyl (C=O) groups is 1. The van der Waals surface area contributed by atoms with Gasteiger partial charge in [-0.1, -0.05) is 6.92 Å². The minimum Gasteiger partial charge on any atom is -0.444 e. The fourth-order valence-corrected chi connectivity index (χ4v) is 2.26. The molecule has 2 unspecified atom stereocenters. The Labute approximate surface area is 111 Å². The van der Waals surface area contributed by atoms with Gasteiger partial charge < -0.3 is 15.0 Å². The van der Waals surface area contributed by atoms with Crippen LogP contribution in [0.2, 0.25) is 0 Å². The average Bonchev–Trinajstić information content (AvgIpc) is 2.61. The van der Waals surface area contributed by atoms with E-state index in [1.54, 1.807) is 11.9 Å². The number of likely N-dealkylation sites (N-methyl/N-ethyl adjacent to an activating group) is 1. The summed E-state index contributed by atoms with van der Waals surface area (Å²) in [6.07, 6.45) is 3.59. The normalized spacial score (nSPS) is 24.1. The minimum absolute atomic E-state index is 0.246. The number of nitrogens with zero attached hydrogens (tertiary/aromatic N) is 1. The highest BCUT2D eigenvalue weighted by atomic mass is 16.6. The molecule has 18 heavy (non-hydrogen) atoms. The van der Waals surface area contributed by atoms with Crippen LogP contribution < -0.4 is 5.32 Å². The Morgan fingerprint density at radius 2 is 2.06 bits per heavy atom. The molecule has 0 aliphatic heterocycles. The van der Waals surface area contributed by atoms with Gasteiger partial charge in [-0.2, -0.15) is 0 Å². The maximum atomic E-state index is 11.7. The summed E-state index contributed by atoms with van der Waals surface area (Å²) in [7, 11) is 1.78. The fraction of sp³-hybridized carbons (Fsp3) is 0.929. The molecule has 0 aromatic carbocycles. The second kappa shape index (κ2) is 6.41. The molecule has 0 spiro atoms. The maximum Gasteiger partial charge on any atom is 0.410 e. The summed E-state index contributed by atoms with van der Waals surface area (Å²) < 4.78 is 5.30. The topological polar surface area (TPSA) is 41.6 Å². The summed E-state index contributed by atoms with van der Waals surface area (Å²) >= 11 is 0. The molecule has 0 aromatic rings. The second-order valence-electron chi connectivity index (χ2n) is 6.47. The van der Waals surface area contributed by atoms with Crippen LogP contribution in [0.5, 0.6) is 0 Å². The van der Waals surface area contributed by atoms with Crippen molar-refractivity contribution in [3.8, 4) is 0 Å². The van der Waals surface area contributed by atoms with E-state index in [-0.39, 0.29) is 6.09 Å². The van der Waals surface area contributed by atoms with Gasteiger partial charge in [0.1, 0.15) is 5.60 Å². The van der Waals surface area contributed by atoms with Crippen molar-refractivity contribution in [3.05, 3.63) is 0 Å². The highest BCUT2D eigenvalue weighted by Crippen LogP contribution is 2.24. The number of hydrogen-bond donors (Lipinski definition) is 1. The molecule has 106 valence electrons. The van der Waals surface area contributed by atoms with E-state index in [1.807, 2.05) is 20.8 Å². The first-order chi connectivity index (χ1) is 8.28. The molecule has 4 nitrogen and oxygen atoms in total. The van der Waals surface area contributed by atoms with Gasteiger partial charge in [0.2, 0.25) is 0 Å². The molecule has 0 heterocycles. The Balaban J connectivity index is 2.16. The number of amides is 1. The van der Waals surface area contributed by atoms with Gasteiger partial charge in [0.05, 0.1) is 0 Å². The lowest BCUT2D eigenvalue weighted by Gasteiger charge is -2.25. The highest BCUT2D eigenvalue weighted by molar-refractivity contribution is 5.67. The zero-order valence-corrected chi connectivity index (χ0v) is 12.5. The summed E-state index contributed by atoms with van der Waals surface area (Å²) in [5, 5.41) is 3.51. The molecule has 1 N–H and O–H groups in total. The van der Waals surface area contributed by atoms with Crippen LogP contribution in [-0.4, -0.2) is 42.8 Å². The van der Waals surface area contributed by atoms with Gasteiger partial charge in [-0.05, 0) is 46.0 Å². The first-order valence-electron chi connectivity index (χ1n) is 6.95. The molecule has 1 rings (SSSR count). The molecule has 2 atom stereocenters. The lowest BCUT2D eigenvalue weighted by atomic mass is 10.1. The van der Waals surface area contributed by atoms with Crippen LogP contribution in [0, 0.1) is 5.92 Å². The van der Waals surface area contributed by atoms with Crippen LogP contribution in [0.15, 0.2) is 0 Å². The summed E-state index contributed by atoms with van der Waals surface area (Å²) in [5.74, 6) is 0.839. The van der Waals surface area contributed by atoms with E-state index in [9.17, 15) is 4.79 Å². The molecule has 0 saturated heterocycles.